The Kier molecular flexibility index (Phi) is 6.61. The van der Waals surface area contributed by atoms with E-state index in [4.69, 9.17) is 4.74 Å². The molecule has 27 heavy (non-hydrogen) atoms. The minimum atomic E-state index is -0.00701. The lowest BCUT2D eigenvalue weighted by Crippen LogP contribution is -2.65. The van der Waals surface area contributed by atoms with Gasteiger partial charge in [-0.15, -0.1) is 0 Å². The smallest absolute Gasteiger partial charge is 0.248 e. The first-order valence-corrected chi connectivity index (χ1v) is 9.47. The van der Waals surface area contributed by atoms with Crippen molar-refractivity contribution in [2.45, 2.75) is 24.9 Å². The van der Waals surface area contributed by atoms with E-state index in [1.54, 1.807) is 4.90 Å². The number of benzene rings is 2. The molecule has 2 N–H and O–H groups in total. The maximum atomic E-state index is 12.2. The van der Waals surface area contributed by atoms with Gasteiger partial charge < -0.3 is 20.1 Å². The van der Waals surface area contributed by atoms with Gasteiger partial charge in [0.1, 0.15) is 6.61 Å². The number of nitrogens with one attached hydrogen (secondary N) is 1. The first kappa shape index (κ1) is 19.5. The standard InChI is InChI=1S/C22H28N2O3/c1-3-24(21(26)15-27-2)13-19-22(20(14-25)23-19)18-11-9-17(10-12-18)16-7-5-4-6-8-16/h4-12,19-20,22-23,25H,3,13-15H2,1-2H3/t19-,20-,22-/m0/s1. The summed E-state index contributed by atoms with van der Waals surface area (Å²) in [5.41, 5.74) is 3.55. The third-order valence-corrected chi connectivity index (χ3v) is 5.31. The number of rotatable bonds is 8. The van der Waals surface area contributed by atoms with E-state index in [2.05, 4.69) is 41.7 Å². The lowest BCUT2D eigenvalue weighted by Gasteiger charge is -2.47. The maximum Gasteiger partial charge on any atom is 0.248 e. The Morgan fingerprint density at radius 3 is 2.33 bits per heavy atom. The van der Waals surface area contributed by atoms with Crippen molar-refractivity contribution in [2.75, 3.05) is 33.4 Å². The van der Waals surface area contributed by atoms with Gasteiger partial charge >= 0.3 is 0 Å². The highest BCUT2D eigenvalue weighted by Gasteiger charge is 2.41. The van der Waals surface area contributed by atoms with Crippen molar-refractivity contribution >= 4 is 5.91 Å². The van der Waals surface area contributed by atoms with Crippen molar-refractivity contribution in [2.24, 2.45) is 0 Å². The van der Waals surface area contributed by atoms with Crippen molar-refractivity contribution in [1.29, 1.82) is 0 Å². The van der Waals surface area contributed by atoms with Crippen LogP contribution >= 0.6 is 0 Å². The average molecular weight is 368 g/mol. The molecule has 0 aliphatic carbocycles. The summed E-state index contributed by atoms with van der Waals surface area (Å²) in [5, 5.41) is 13.1. The number of carbonyl (C=O) groups excluding carboxylic acids is 1. The number of amides is 1. The van der Waals surface area contributed by atoms with Gasteiger partial charge in [0.05, 0.1) is 6.61 Å². The fourth-order valence-corrected chi connectivity index (χ4v) is 3.83. The first-order valence-electron chi connectivity index (χ1n) is 9.47. The molecule has 0 saturated carbocycles. The number of carbonyl (C=O) groups is 1. The number of methoxy groups -OCH3 is 1. The Morgan fingerprint density at radius 2 is 1.74 bits per heavy atom. The van der Waals surface area contributed by atoms with E-state index in [1.165, 1.54) is 23.8 Å². The summed E-state index contributed by atoms with van der Waals surface area (Å²) in [6, 6.07) is 19.0. The van der Waals surface area contributed by atoms with Crippen LogP contribution in [0.4, 0.5) is 0 Å². The van der Waals surface area contributed by atoms with Crippen LogP contribution < -0.4 is 5.32 Å². The van der Waals surface area contributed by atoms with E-state index >= 15 is 0 Å². The fourth-order valence-electron chi connectivity index (χ4n) is 3.83. The highest BCUT2D eigenvalue weighted by atomic mass is 16.5. The molecule has 2 aromatic carbocycles. The summed E-state index contributed by atoms with van der Waals surface area (Å²) in [7, 11) is 1.53. The van der Waals surface area contributed by atoms with Crippen LogP contribution in [0.2, 0.25) is 0 Å². The molecule has 0 unspecified atom stereocenters. The van der Waals surface area contributed by atoms with Gasteiger partial charge in [0.15, 0.2) is 0 Å². The Bertz CT molecular complexity index is 733. The molecule has 1 aliphatic rings. The van der Waals surface area contributed by atoms with Crippen molar-refractivity contribution < 1.29 is 14.6 Å². The number of hydrogen-bond donors (Lipinski definition) is 2. The molecular weight excluding hydrogens is 340 g/mol. The fraction of sp³-hybridized carbons (Fsp3) is 0.409. The lowest BCUT2D eigenvalue weighted by atomic mass is 9.77. The normalized spacial score (nSPS) is 21.5. The summed E-state index contributed by atoms with van der Waals surface area (Å²) in [5.74, 6) is 0.177. The minimum Gasteiger partial charge on any atom is -0.395 e. The molecule has 1 heterocycles. The van der Waals surface area contributed by atoms with Crippen LogP contribution in [0, 0.1) is 0 Å². The van der Waals surface area contributed by atoms with Crippen molar-refractivity contribution in [3.05, 3.63) is 60.2 Å². The van der Waals surface area contributed by atoms with Gasteiger partial charge in [0.25, 0.3) is 0 Å². The molecule has 144 valence electrons. The molecule has 0 radical (unpaired) electrons. The van der Waals surface area contributed by atoms with E-state index in [0.29, 0.717) is 13.1 Å². The highest BCUT2D eigenvalue weighted by molar-refractivity contribution is 5.77. The zero-order chi connectivity index (χ0) is 19.2. The third-order valence-electron chi connectivity index (χ3n) is 5.31. The highest BCUT2D eigenvalue weighted by Crippen LogP contribution is 2.33. The molecule has 1 aliphatic heterocycles. The summed E-state index contributed by atoms with van der Waals surface area (Å²) < 4.78 is 4.98. The number of aliphatic hydroxyl groups is 1. The summed E-state index contributed by atoms with van der Waals surface area (Å²) in [4.78, 5) is 14.0. The number of ether oxygens (including phenoxy) is 1. The molecule has 5 nitrogen and oxygen atoms in total. The van der Waals surface area contributed by atoms with Gasteiger partial charge in [0, 0.05) is 38.2 Å². The monoisotopic (exact) mass is 368 g/mol. The number of aliphatic hydroxyl groups excluding tert-OH is 1. The Morgan fingerprint density at radius 1 is 1.07 bits per heavy atom. The van der Waals surface area contributed by atoms with Crippen LogP contribution in [-0.4, -0.2) is 61.4 Å². The van der Waals surface area contributed by atoms with E-state index in [0.717, 1.165) is 0 Å². The van der Waals surface area contributed by atoms with Crippen molar-refractivity contribution in [3.63, 3.8) is 0 Å². The Balaban J connectivity index is 1.73. The first-order chi connectivity index (χ1) is 13.2. The van der Waals surface area contributed by atoms with Gasteiger partial charge in [-0.3, -0.25) is 4.79 Å². The van der Waals surface area contributed by atoms with Crippen LogP contribution in [-0.2, 0) is 9.53 Å². The molecular formula is C22H28N2O3. The van der Waals surface area contributed by atoms with Gasteiger partial charge in [0.2, 0.25) is 5.91 Å². The van der Waals surface area contributed by atoms with Gasteiger partial charge in [-0.25, -0.2) is 0 Å². The zero-order valence-electron chi connectivity index (χ0n) is 16.0. The second-order valence-electron chi connectivity index (χ2n) is 6.94. The Labute approximate surface area is 161 Å². The predicted octanol–water partition coefficient (Wildman–Crippen LogP) is 2.26. The molecule has 5 heteroatoms. The molecule has 1 amide bonds. The van der Waals surface area contributed by atoms with Crippen LogP contribution in [0.1, 0.15) is 18.4 Å². The maximum absolute atomic E-state index is 12.2. The van der Waals surface area contributed by atoms with Crippen LogP contribution in [0.3, 0.4) is 0 Å². The van der Waals surface area contributed by atoms with Crippen LogP contribution in [0.5, 0.6) is 0 Å². The summed E-state index contributed by atoms with van der Waals surface area (Å²) >= 11 is 0. The van der Waals surface area contributed by atoms with E-state index in [1.807, 2.05) is 25.1 Å². The zero-order valence-corrected chi connectivity index (χ0v) is 16.0. The average Bonchev–Trinajstić information content (AvgIpc) is 2.69. The molecule has 0 spiro atoms. The van der Waals surface area contributed by atoms with Crippen LogP contribution in [0.15, 0.2) is 54.6 Å². The number of nitrogens with zero attached hydrogens (tertiary/aromatic N) is 1. The second-order valence-corrected chi connectivity index (χ2v) is 6.94. The Hall–Kier alpha value is -2.21. The quantitative estimate of drug-likeness (QED) is 0.750. The lowest BCUT2D eigenvalue weighted by molar-refractivity contribution is -0.135. The molecule has 0 bridgehead atoms. The topological polar surface area (TPSA) is 61.8 Å². The minimum absolute atomic E-state index is 0.00701. The van der Waals surface area contributed by atoms with Crippen LogP contribution in [0.25, 0.3) is 11.1 Å². The van der Waals surface area contributed by atoms with Crippen molar-refractivity contribution in [3.8, 4) is 11.1 Å². The van der Waals surface area contributed by atoms with Crippen molar-refractivity contribution in [1.82, 2.24) is 10.2 Å². The molecule has 3 atom stereocenters. The van der Waals surface area contributed by atoms with E-state index in [9.17, 15) is 9.90 Å². The van der Waals surface area contributed by atoms with Gasteiger partial charge in [-0.2, -0.15) is 0 Å². The summed E-state index contributed by atoms with van der Waals surface area (Å²) in [6.07, 6.45) is 0. The van der Waals surface area contributed by atoms with Gasteiger partial charge in [-0.05, 0) is 23.6 Å². The second kappa shape index (κ2) is 9.13. The third kappa shape index (κ3) is 4.38. The molecule has 0 aromatic heterocycles. The van der Waals surface area contributed by atoms with E-state index in [-0.39, 0.29) is 37.1 Å². The molecule has 1 saturated heterocycles. The van der Waals surface area contributed by atoms with E-state index < -0.39 is 0 Å². The SMILES string of the molecule is CCN(C[C@@H]1N[C@@H](CO)[C@H]1c1ccc(-c2ccccc2)cc1)C(=O)COC. The number of likely N-dealkylation sites (N-methyl/N-ethyl adjacent to an activating group) is 1. The largest absolute Gasteiger partial charge is 0.395 e. The molecule has 3 rings (SSSR count). The molecule has 2 aromatic rings. The summed E-state index contributed by atoms with van der Waals surface area (Å²) in [6.45, 7) is 3.41. The predicted molar refractivity (Wildman–Crippen MR) is 107 cm³/mol. The molecule has 1 fully saturated rings. The number of hydrogen-bond acceptors (Lipinski definition) is 4. The van der Waals surface area contributed by atoms with Gasteiger partial charge in [-0.1, -0.05) is 54.6 Å².